The van der Waals surface area contributed by atoms with Crippen LogP contribution in [0.5, 0.6) is 11.5 Å². The second-order valence-corrected chi connectivity index (χ2v) is 7.36. The van der Waals surface area contributed by atoms with Gasteiger partial charge in [-0.05, 0) is 36.4 Å². The molecule has 2 heterocycles. The molecule has 28 heavy (non-hydrogen) atoms. The Bertz CT molecular complexity index is 964. The maximum Gasteiger partial charge on any atom is 0.238 e. The van der Waals surface area contributed by atoms with Crippen molar-refractivity contribution < 1.29 is 23.5 Å². The molecule has 0 bridgehead atoms. The standard InChI is InChI=1S/C19H16FN3O4S/c1-23-17(24)9-16(18(25)21-12-4-2-11(20)3-5-12)28-19(23)22-13-6-7-14-15(8-13)27-10-26-14/h2-8,16H,9-10H2,1H3,(H,21,25)/t16-/m0/s1. The third kappa shape index (κ3) is 3.79. The summed E-state index contributed by atoms with van der Waals surface area (Å²) < 4.78 is 23.6. The van der Waals surface area contributed by atoms with E-state index in [4.69, 9.17) is 9.47 Å². The molecule has 0 saturated carbocycles. The van der Waals surface area contributed by atoms with Gasteiger partial charge in [-0.2, -0.15) is 0 Å². The summed E-state index contributed by atoms with van der Waals surface area (Å²) in [6.45, 7) is 0.161. The van der Waals surface area contributed by atoms with Crippen molar-refractivity contribution in [2.75, 3.05) is 19.2 Å². The highest BCUT2D eigenvalue weighted by Gasteiger charge is 2.34. The summed E-state index contributed by atoms with van der Waals surface area (Å²) in [7, 11) is 1.62. The van der Waals surface area contributed by atoms with Gasteiger partial charge < -0.3 is 14.8 Å². The molecule has 9 heteroatoms. The van der Waals surface area contributed by atoms with E-state index >= 15 is 0 Å². The minimum Gasteiger partial charge on any atom is -0.454 e. The van der Waals surface area contributed by atoms with Crippen molar-refractivity contribution >= 4 is 40.1 Å². The van der Waals surface area contributed by atoms with Crippen molar-refractivity contribution in [3.05, 3.63) is 48.3 Å². The van der Waals surface area contributed by atoms with Crippen molar-refractivity contribution in [3.8, 4) is 11.5 Å². The lowest BCUT2D eigenvalue weighted by Gasteiger charge is -2.28. The van der Waals surface area contributed by atoms with Crippen LogP contribution < -0.4 is 14.8 Å². The van der Waals surface area contributed by atoms with E-state index in [1.165, 1.54) is 40.9 Å². The lowest BCUT2D eigenvalue weighted by atomic mass is 10.2. The molecule has 1 N–H and O–H groups in total. The van der Waals surface area contributed by atoms with Crippen LogP contribution in [0.1, 0.15) is 6.42 Å². The van der Waals surface area contributed by atoms with E-state index in [9.17, 15) is 14.0 Å². The molecule has 0 aliphatic carbocycles. The van der Waals surface area contributed by atoms with Crippen LogP contribution in [0.15, 0.2) is 47.5 Å². The molecule has 2 aromatic rings. The maximum atomic E-state index is 13.0. The van der Waals surface area contributed by atoms with Gasteiger partial charge in [0.15, 0.2) is 16.7 Å². The van der Waals surface area contributed by atoms with Crippen LogP contribution in [-0.2, 0) is 9.59 Å². The smallest absolute Gasteiger partial charge is 0.238 e. The zero-order valence-electron chi connectivity index (χ0n) is 14.8. The van der Waals surface area contributed by atoms with Gasteiger partial charge in [-0.15, -0.1) is 0 Å². The van der Waals surface area contributed by atoms with Gasteiger partial charge in [0.25, 0.3) is 0 Å². The predicted octanol–water partition coefficient (Wildman–Crippen LogP) is 3.14. The first-order valence-electron chi connectivity index (χ1n) is 8.47. The lowest BCUT2D eigenvalue weighted by Crippen LogP contribution is -2.43. The third-order valence-electron chi connectivity index (χ3n) is 4.25. The number of halogens is 1. The number of amides is 2. The maximum absolute atomic E-state index is 13.0. The third-order valence-corrected chi connectivity index (χ3v) is 5.50. The number of hydrogen-bond acceptors (Lipinski definition) is 6. The van der Waals surface area contributed by atoms with Gasteiger partial charge in [0.2, 0.25) is 18.6 Å². The van der Waals surface area contributed by atoms with Crippen LogP contribution in [0.2, 0.25) is 0 Å². The van der Waals surface area contributed by atoms with Crippen LogP contribution in [0.3, 0.4) is 0 Å². The van der Waals surface area contributed by atoms with E-state index in [1.807, 2.05) is 0 Å². The SMILES string of the molecule is CN1C(=O)C[C@@H](C(=O)Nc2ccc(F)cc2)SC1=Nc1ccc2c(c1)OCO2. The van der Waals surface area contributed by atoms with E-state index in [2.05, 4.69) is 10.3 Å². The zero-order valence-corrected chi connectivity index (χ0v) is 15.7. The van der Waals surface area contributed by atoms with E-state index < -0.39 is 5.25 Å². The van der Waals surface area contributed by atoms with Gasteiger partial charge in [-0.25, -0.2) is 9.38 Å². The molecule has 2 aliphatic heterocycles. The summed E-state index contributed by atoms with van der Waals surface area (Å²) in [5.41, 5.74) is 1.05. The van der Waals surface area contributed by atoms with Crippen molar-refractivity contribution in [2.24, 2.45) is 4.99 Å². The number of nitrogens with zero attached hydrogens (tertiary/aromatic N) is 2. The largest absolute Gasteiger partial charge is 0.454 e. The molecular weight excluding hydrogens is 385 g/mol. The van der Waals surface area contributed by atoms with Crippen molar-refractivity contribution in [1.82, 2.24) is 4.90 Å². The second-order valence-electron chi connectivity index (χ2n) is 6.19. The highest BCUT2D eigenvalue weighted by molar-refractivity contribution is 8.15. The number of carbonyl (C=O) groups is 2. The quantitative estimate of drug-likeness (QED) is 0.855. The topological polar surface area (TPSA) is 80.2 Å². The average Bonchev–Trinajstić information content (AvgIpc) is 3.15. The molecule has 2 aromatic carbocycles. The van der Waals surface area contributed by atoms with E-state index in [1.54, 1.807) is 25.2 Å². The van der Waals surface area contributed by atoms with Crippen molar-refractivity contribution in [1.29, 1.82) is 0 Å². The minimum absolute atomic E-state index is 0.0500. The second kappa shape index (κ2) is 7.51. The number of fused-ring (bicyclic) bond motifs is 1. The number of rotatable bonds is 3. The first kappa shape index (κ1) is 18.3. The molecule has 4 rings (SSSR count). The number of anilines is 1. The number of carbonyl (C=O) groups excluding carboxylic acids is 2. The molecule has 0 unspecified atom stereocenters. The number of thioether (sulfide) groups is 1. The van der Waals surface area contributed by atoms with Gasteiger partial charge in [0.05, 0.1) is 5.69 Å². The summed E-state index contributed by atoms with van der Waals surface area (Å²) in [4.78, 5) is 30.8. The molecule has 2 amide bonds. The number of benzene rings is 2. The van der Waals surface area contributed by atoms with Crippen LogP contribution in [0, 0.1) is 5.82 Å². The Kier molecular flexibility index (Phi) is 4.91. The Hall–Kier alpha value is -3.07. The van der Waals surface area contributed by atoms with Gasteiger partial charge in [-0.3, -0.25) is 14.5 Å². The Morgan fingerprint density at radius 2 is 1.96 bits per heavy atom. The molecule has 1 fully saturated rings. The number of hydrogen-bond donors (Lipinski definition) is 1. The van der Waals surface area contributed by atoms with Crippen LogP contribution in [-0.4, -0.2) is 41.0 Å². The fourth-order valence-electron chi connectivity index (χ4n) is 2.72. The first-order chi connectivity index (χ1) is 13.5. The van der Waals surface area contributed by atoms with E-state index in [0.717, 1.165) is 0 Å². The first-order valence-corrected chi connectivity index (χ1v) is 9.35. The Labute approximate surface area is 164 Å². The molecule has 144 valence electrons. The summed E-state index contributed by atoms with van der Waals surface area (Å²) in [6.07, 6.45) is 0.0500. The minimum atomic E-state index is -0.637. The average molecular weight is 401 g/mol. The molecule has 1 atom stereocenters. The summed E-state index contributed by atoms with van der Waals surface area (Å²) in [5, 5.41) is 2.48. The number of aliphatic imine (C=N–C) groups is 1. The Morgan fingerprint density at radius 3 is 2.75 bits per heavy atom. The molecule has 0 radical (unpaired) electrons. The molecule has 0 aromatic heterocycles. The van der Waals surface area contributed by atoms with Crippen molar-refractivity contribution in [3.63, 3.8) is 0 Å². The predicted molar refractivity (Wildman–Crippen MR) is 103 cm³/mol. The number of ether oxygens (including phenoxy) is 2. The van der Waals surface area contributed by atoms with Crippen molar-refractivity contribution in [2.45, 2.75) is 11.7 Å². The Balaban J connectivity index is 1.52. The normalized spacial score (nSPS) is 19.8. The molecule has 1 saturated heterocycles. The molecular formula is C19H16FN3O4S. The van der Waals surface area contributed by atoms with Gasteiger partial charge in [0, 0.05) is 25.2 Å². The van der Waals surface area contributed by atoms with E-state index in [0.29, 0.717) is 28.0 Å². The van der Waals surface area contributed by atoms with Crippen LogP contribution in [0.25, 0.3) is 0 Å². The van der Waals surface area contributed by atoms with E-state index in [-0.39, 0.29) is 30.8 Å². The van der Waals surface area contributed by atoms with Crippen LogP contribution >= 0.6 is 11.8 Å². The Morgan fingerprint density at radius 1 is 1.21 bits per heavy atom. The molecule has 2 aliphatic rings. The van der Waals surface area contributed by atoms with Gasteiger partial charge in [0.1, 0.15) is 11.1 Å². The summed E-state index contributed by atoms with van der Waals surface area (Å²) in [6, 6.07) is 10.7. The summed E-state index contributed by atoms with van der Waals surface area (Å²) in [5.74, 6) is 0.289. The van der Waals surface area contributed by atoms with Gasteiger partial charge in [-0.1, -0.05) is 11.8 Å². The fourth-order valence-corrected chi connectivity index (χ4v) is 3.78. The lowest BCUT2D eigenvalue weighted by molar-refractivity contribution is -0.128. The highest BCUT2D eigenvalue weighted by Crippen LogP contribution is 2.36. The number of amidine groups is 1. The molecule has 7 nitrogen and oxygen atoms in total. The zero-order chi connectivity index (χ0) is 19.7. The highest BCUT2D eigenvalue weighted by atomic mass is 32.2. The summed E-state index contributed by atoms with van der Waals surface area (Å²) >= 11 is 1.20. The molecule has 0 spiro atoms. The fraction of sp³-hybridized carbons (Fsp3) is 0.211. The number of nitrogens with one attached hydrogen (secondary N) is 1. The van der Waals surface area contributed by atoms with Crippen LogP contribution in [0.4, 0.5) is 15.8 Å². The van der Waals surface area contributed by atoms with Gasteiger partial charge >= 0.3 is 0 Å². The monoisotopic (exact) mass is 401 g/mol.